The molecule has 1 heterocycles. The SMILES string of the molecule is O=C1CCO1.O=P(c1ccccc1)(c1ccccc1)c1ccccc1. The van der Waals surface area contributed by atoms with Crippen molar-refractivity contribution >= 4 is 29.0 Å². The van der Waals surface area contributed by atoms with Crippen molar-refractivity contribution in [3.63, 3.8) is 0 Å². The van der Waals surface area contributed by atoms with Crippen molar-refractivity contribution in [2.24, 2.45) is 0 Å². The number of esters is 1. The molecule has 4 rings (SSSR count). The normalized spacial score (nSPS) is 13.0. The van der Waals surface area contributed by atoms with Crippen LogP contribution in [0.15, 0.2) is 91.0 Å². The monoisotopic (exact) mass is 350 g/mol. The standard InChI is InChI=1S/C18H15OP.C3H4O2/c19-20(16-10-4-1-5-11-16,17-12-6-2-7-13-17)18-14-8-3-9-15-18;4-3-1-2-5-3/h1-15H;1-2H2. The van der Waals surface area contributed by atoms with Gasteiger partial charge in [-0.15, -0.1) is 0 Å². The van der Waals surface area contributed by atoms with Crippen LogP contribution in [-0.2, 0) is 14.1 Å². The molecule has 0 aliphatic carbocycles. The van der Waals surface area contributed by atoms with E-state index in [9.17, 15) is 9.36 Å². The summed E-state index contributed by atoms with van der Waals surface area (Å²) < 4.78 is 18.1. The third-order valence-electron chi connectivity index (χ3n) is 3.93. The molecule has 4 heteroatoms. The number of benzene rings is 3. The summed E-state index contributed by atoms with van der Waals surface area (Å²) >= 11 is 0. The van der Waals surface area contributed by atoms with E-state index < -0.39 is 7.14 Å². The zero-order chi connectivity index (χ0) is 17.5. The Bertz CT molecular complexity index is 752. The van der Waals surface area contributed by atoms with Crippen LogP contribution in [-0.4, -0.2) is 12.6 Å². The predicted molar refractivity (Wildman–Crippen MR) is 101 cm³/mol. The maximum atomic E-state index is 13.8. The van der Waals surface area contributed by atoms with Gasteiger partial charge < -0.3 is 9.30 Å². The maximum Gasteiger partial charge on any atom is 0.309 e. The van der Waals surface area contributed by atoms with Gasteiger partial charge in [0, 0.05) is 15.9 Å². The lowest BCUT2D eigenvalue weighted by atomic mass is 10.4. The van der Waals surface area contributed by atoms with Crippen LogP contribution in [0.5, 0.6) is 0 Å². The van der Waals surface area contributed by atoms with Gasteiger partial charge in [0.25, 0.3) is 0 Å². The summed E-state index contributed by atoms with van der Waals surface area (Å²) in [5.74, 6) is -0.0648. The van der Waals surface area contributed by atoms with Gasteiger partial charge in [-0.1, -0.05) is 91.0 Å². The van der Waals surface area contributed by atoms with Gasteiger partial charge in [0.1, 0.15) is 6.61 Å². The molecule has 3 nitrogen and oxygen atoms in total. The smallest absolute Gasteiger partial charge is 0.309 e. The number of cyclic esters (lactones) is 1. The van der Waals surface area contributed by atoms with Crippen LogP contribution >= 0.6 is 7.14 Å². The van der Waals surface area contributed by atoms with Gasteiger partial charge in [-0.25, -0.2) is 0 Å². The Labute approximate surface area is 147 Å². The fourth-order valence-corrected chi connectivity index (χ4v) is 5.22. The fourth-order valence-electron chi connectivity index (χ4n) is 2.55. The molecule has 1 fully saturated rings. The lowest BCUT2D eigenvalue weighted by Gasteiger charge is -2.19. The van der Waals surface area contributed by atoms with Gasteiger partial charge in [0.2, 0.25) is 0 Å². The van der Waals surface area contributed by atoms with Crippen LogP contribution in [0.1, 0.15) is 6.42 Å². The Balaban J connectivity index is 0.000000314. The lowest BCUT2D eigenvalue weighted by molar-refractivity contribution is -0.157. The molecule has 0 bridgehead atoms. The topological polar surface area (TPSA) is 43.4 Å². The molecule has 0 radical (unpaired) electrons. The molecule has 3 aromatic carbocycles. The second-order valence-corrected chi connectivity index (χ2v) is 8.35. The molecule has 0 N–H and O–H groups in total. The Morgan fingerprint density at radius 3 is 1.12 bits per heavy atom. The van der Waals surface area contributed by atoms with E-state index in [1.165, 1.54) is 0 Å². The molecule has 0 atom stereocenters. The largest absolute Gasteiger partial charge is 0.465 e. The molecule has 0 spiro atoms. The van der Waals surface area contributed by atoms with Crippen molar-refractivity contribution in [3.8, 4) is 0 Å². The quantitative estimate of drug-likeness (QED) is 0.538. The minimum atomic E-state index is -2.78. The van der Waals surface area contributed by atoms with Crippen molar-refractivity contribution in [3.05, 3.63) is 91.0 Å². The minimum absolute atomic E-state index is 0.0648. The molecular formula is C21H19O3P. The van der Waals surface area contributed by atoms with Crippen LogP contribution < -0.4 is 15.9 Å². The van der Waals surface area contributed by atoms with Crippen molar-refractivity contribution in [1.82, 2.24) is 0 Å². The van der Waals surface area contributed by atoms with Gasteiger partial charge in [-0.2, -0.15) is 0 Å². The van der Waals surface area contributed by atoms with Crippen LogP contribution in [0, 0.1) is 0 Å². The van der Waals surface area contributed by atoms with E-state index >= 15 is 0 Å². The summed E-state index contributed by atoms with van der Waals surface area (Å²) in [6, 6.07) is 29.1. The highest BCUT2D eigenvalue weighted by Crippen LogP contribution is 2.41. The van der Waals surface area contributed by atoms with Gasteiger partial charge in [-0.3, -0.25) is 4.79 Å². The highest BCUT2D eigenvalue weighted by molar-refractivity contribution is 7.85. The van der Waals surface area contributed by atoms with Crippen LogP contribution in [0.2, 0.25) is 0 Å². The lowest BCUT2D eigenvalue weighted by Crippen LogP contribution is -2.24. The molecule has 1 aliphatic heterocycles. The second kappa shape index (κ2) is 7.96. The average molecular weight is 350 g/mol. The van der Waals surface area contributed by atoms with E-state index in [2.05, 4.69) is 4.74 Å². The molecule has 0 amide bonds. The average Bonchev–Trinajstić information content (AvgIpc) is 2.68. The van der Waals surface area contributed by atoms with Crippen LogP contribution in [0.25, 0.3) is 0 Å². The third kappa shape index (κ3) is 3.89. The van der Waals surface area contributed by atoms with Crippen LogP contribution in [0.4, 0.5) is 0 Å². The molecule has 25 heavy (non-hydrogen) atoms. The first-order valence-corrected chi connectivity index (χ1v) is 9.84. The van der Waals surface area contributed by atoms with E-state index in [-0.39, 0.29) is 5.97 Å². The Hall–Kier alpha value is -2.64. The maximum absolute atomic E-state index is 13.8. The first kappa shape index (κ1) is 17.2. The second-order valence-electron chi connectivity index (χ2n) is 5.59. The van der Waals surface area contributed by atoms with Crippen molar-refractivity contribution in [1.29, 1.82) is 0 Å². The number of hydrogen-bond acceptors (Lipinski definition) is 3. The highest BCUT2D eigenvalue weighted by Gasteiger charge is 2.28. The molecular weight excluding hydrogens is 331 g/mol. The van der Waals surface area contributed by atoms with Crippen molar-refractivity contribution in [2.45, 2.75) is 6.42 Å². The van der Waals surface area contributed by atoms with Gasteiger partial charge in [0.15, 0.2) is 7.14 Å². The first-order chi connectivity index (χ1) is 12.2. The Kier molecular flexibility index (Phi) is 5.47. The minimum Gasteiger partial charge on any atom is -0.465 e. The summed E-state index contributed by atoms with van der Waals surface area (Å²) in [4.78, 5) is 9.68. The first-order valence-electron chi connectivity index (χ1n) is 8.14. The Morgan fingerprint density at radius 2 is 0.920 bits per heavy atom. The summed E-state index contributed by atoms with van der Waals surface area (Å²) in [6.07, 6.45) is 0.625. The third-order valence-corrected chi connectivity index (χ3v) is 7.00. The van der Waals surface area contributed by atoms with E-state index in [0.717, 1.165) is 15.9 Å². The van der Waals surface area contributed by atoms with Gasteiger partial charge >= 0.3 is 5.97 Å². The van der Waals surface area contributed by atoms with E-state index in [1.54, 1.807) is 0 Å². The molecule has 0 unspecified atom stereocenters. The number of carbonyl (C=O) groups excluding carboxylic acids is 1. The predicted octanol–water partition coefficient (Wildman–Crippen LogP) is 3.26. The molecule has 0 saturated carbocycles. The molecule has 1 saturated heterocycles. The van der Waals surface area contributed by atoms with Gasteiger partial charge in [0.05, 0.1) is 6.42 Å². The van der Waals surface area contributed by atoms with Crippen LogP contribution in [0.3, 0.4) is 0 Å². The molecule has 1 aliphatic rings. The summed E-state index contributed by atoms with van der Waals surface area (Å²) in [5, 5.41) is 2.62. The summed E-state index contributed by atoms with van der Waals surface area (Å²) in [7, 11) is -2.78. The fraction of sp³-hybridized carbons (Fsp3) is 0.0952. The zero-order valence-electron chi connectivity index (χ0n) is 13.7. The highest BCUT2D eigenvalue weighted by atomic mass is 31.2. The van der Waals surface area contributed by atoms with E-state index in [1.807, 2.05) is 91.0 Å². The summed E-state index contributed by atoms with van der Waals surface area (Å²) in [5.41, 5.74) is 0. The van der Waals surface area contributed by atoms with E-state index in [0.29, 0.717) is 13.0 Å². The number of hydrogen-bond donors (Lipinski definition) is 0. The van der Waals surface area contributed by atoms with Crippen molar-refractivity contribution < 1.29 is 14.1 Å². The number of carbonyl (C=O) groups is 1. The van der Waals surface area contributed by atoms with Crippen molar-refractivity contribution in [2.75, 3.05) is 6.61 Å². The molecule has 126 valence electrons. The number of ether oxygens (including phenoxy) is 1. The molecule has 0 aromatic heterocycles. The zero-order valence-corrected chi connectivity index (χ0v) is 14.6. The molecule has 3 aromatic rings. The Morgan fingerprint density at radius 1 is 0.640 bits per heavy atom. The van der Waals surface area contributed by atoms with E-state index in [4.69, 9.17) is 0 Å². The summed E-state index contributed by atoms with van der Waals surface area (Å²) in [6.45, 7) is 0.638. The van der Waals surface area contributed by atoms with Gasteiger partial charge in [-0.05, 0) is 0 Å². The number of rotatable bonds is 3.